The molecule has 0 spiro atoms. The van der Waals surface area contributed by atoms with Gasteiger partial charge in [-0.25, -0.2) is 0 Å². The Labute approximate surface area is 101 Å². The minimum absolute atomic E-state index is 0.199. The van der Waals surface area contributed by atoms with Gasteiger partial charge in [0.15, 0.2) is 0 Å². The van der Waals surface area contributed by atoms with Crippen LogP contribution < -0.4 is 5.32 Å². The van der Waals surface area contributed by atoms with Gasteiger partial charge in [0.2, 0.25) is 11.7 Å². The standard InChI is InChI=1S/C13H17N3O/c1-9(10(2)14-3)13-15-12(16-17-13)11-7-5-4-6-8-11/h4-10,14H,1-3H3. The van der Waals surface area contributed by atoms with Crippen LogP contribution in [-0.4, -0.2) is 23.2 Å². The van der Waals surface area contributed by atoms with E-state index in [-0.39, 0.29) is 5.92 Å². The molecule has 1 aromatic heterocycles. The van der Waals surface area contributed by atoms with Gasteiger partial charge >= 0.3 is 0 Å². The van der Waals surface area contributed by atoms with Crippen LogP contribution in [0.4, 0.5) is 0 Å². The third kappa shape index (κ3) is 2.53. The lowest BCUT2D eigenvalue weighted by Crippen LogP contribution is -2.27. The van der Waals surface area contributed by atoms with Crippen LogP contribution in [0, 0.1) is 0 Å². The number of hydrogen-bond acceptors (Lipinski definition) is 4. The molecule has 0 amide bonds. The number of rotatable bonds is 4. The van der Waals surface area contributed by atoms with Crippen LogP contribution >= 0.6 is 0 Å². The number of nitrogens with one attached hydrogen (secondary N) is 1. The molecule has 0 bridgehead atoms. The first kappa shape index (κ1) is 11.8. The van der Waals surface area contributed by atoms with E-state index in [2.05, 4.69) is 29.3 Å². The normalized spacial score (nSPS) is 14.5. The predicted molar refractivity (Wildman–Crippen MR) is 66.7 cm³/mol. The van der Waals surface area contributed by atoms with E-state index in [1.165, 1.54) is 0 Å². The lowest BCUT2D eigenvalue weighted by molar-refractivity contribution is 0.336. The van der Waals surface area contributed by atoms with E-state index in [1.807, 2.05) is 37.4 Å². The first-order chi connectivity index (χ1) is 8.22. The lowest BCUT2D eigenvalue weighted by Gasteiger charge is -2.14. The van der Waals surface area contributed by atoms with Gasteiger partial charge in [0, 0.05) is 11.6 Å². The summed E-state index contributed by atoms with van der Waals surface area (Å²) >= 11 is 0. The molecule has 0 aliphatic heterocycles. The van der Waals surface area contributed by atoms with Crippen LogP contribution in [-0.2, 0) is 0 Å². The summed E-state index contributed by atoms with van der Waals surface area (Å²) in [5, 5.41) is 7.19. The van der Waals surface area contributed by atoms with Crippen LogP contribution in [0.5, 0.6) is 0 Å². The average Bonchev–Trinajstić information content (AvgIpc) is 2.87. The summed E-state index contributed by atoms with van der Waals surface area (Å²) < 4.78 is 5.30. The van der Waals surface area contributed by atoms with Crippen LogP contribution in [0.15, 0.2) is 34.9 Å². The molecule has 0 saturated heterocycles. The van der Waals surface area contributed by atoms with Crippen molar-refractivity contribution in [3.63, 3.8) is 0 Å². The van der Waals surface area contributed by atoms with Crippen LogP contribution in [0.25, 0.3) is 11.4 Å². The second kappa shape index (κ2) is 5.10. The molecule has 0 aliphatic rings. The third-order valence-corrected chi connectivity index (χ3v) is 3.07. The molecule has 0 aliphatic carbocycles. The Hall–Kier alpha value is -1.68. The lowest BCUT2D eigenvalue weighted by atomic mass is 10.0. The second-order valence-corrected chi connectivity index (χ2v) is 4.19. The first-order valence-corrected chi connectivity index (χ1v) is 5.78. The molecule has 17 heavy (non-hydrogen) atoms. The van der Waals surface area contributed by atoms with Gasteiger partial charge in [-0.15, -0.1) is 0 Å². The molecule has 1 aromatic carbocycles. The average molecular weight is 231 g/mol. The molecule has 0 saturated carbocycles. The highest BCUT2D eigenvalue weighted by atomic mass is 16.5. The van der Waals surface area contributed by atoms with Crippen molar-refractivity contribution in [2.24, 2.45) is 0 Å². The maximum Gasteiger partial charge on any atom is 0.231 e. The van der Waals surface area contributed by atoms with E-state index in [9.17, 15) is 0 Å². The SMILES string of the molecule is CNC(C)C(C)c1nc(-c2ccccc2)no1. The first-order valence-electron chi connectivity index (χ1n) is 5.78. The van der Waals surface area contributed by atoms with E-state index in [1.54, 1.807) is 0 Å². The van der Waals surface area contributed by atoms with E-state index >= 15 is 0 Å². The Morgan fingerprint density at radius 3 is 2.53 bits per heavy atom. The zero-order valence-electron chi connectivity index (χ0n) is 10.3. The van der Waals surface area contributed by atoms with Crippen molar-refractivity contribution in [3.05, 3.63) is 36.2 Å². The summed E-state index contributed by atoms with van der Waals surface area (Å²) in [6.45, 7) is 4.17. The second-order valence-electron chi connectivity index (χ2n) is 4.19. The summed E-state index contributed by atoms with van der Waals surface area (Å²) in [6.07, 6.45) is 0. The summed E-state index contributed by atoms with van der Waals surface area (Å²) in [7, 11) is 1.93. The fourth-order valence-corrected chi connectivity index (χ4v) is 1.59. The number of benzene rings is 1. The molecule has 4 heteroatoms. The van der Waals surface area contributed by atoms with Crippen molar-refractivity contribution in [2.75, 3.05) is 7.05 Å². The molecule has 2 aromatic rings. The van der Waals surface area contributed by atoms with Crippen molar-refractivity contribution in [2.45, 2.75) is 25.8 Å². The molecule has 1 N–H and O–H groups in total. The largest absolute Gasteiger partial charge is 0.339 e. The highest BCUT2D eigenvalue weighted by molar-refractivity contribution is 5.53. The Morgan fingerprint density at radius 1 is 1.18 bits per heavy atom. The Bertz CT molecular complexity index is 467. The van der Waals surface area contributed by atoms with Crippen LogP contribution in [0.1, 0.15) is 25.7 Å². The van der Waals surface area contributed by atoms with Gasteiger partial charge in [0.05, 0.1) is 5.92 Å². The Kier molecular flexibility index (Phi) is 3.54. The molecular formula is C13H17N3O. The van der Waals surface area contributed by atoms with Gasteiger partial charge < -0.3 is 9.84 Å². The fourth-order valence-electron chi connectivity index (χ4n) is 1.59. The quantitative estimate of drug-likeness (QED) is 0.878. The molecule has 0 radical (unpaired) electrons. The van der Waals surface area contributed by atoms with E-state index in [4.69, 9.17) is 4.52 Å². The number of nitrogens with zero attached hydrogens (tertiary/aromatic N) is 2. The fraction of sp³-hybridized carbons (Fsp3) is 0.385. The maximum atomic E-state index is 5.30. The van der Waals surface area contributed by atoms with Gasteiger partial charge in [-0.2, -0.15) is 4.98 Å². The van der Waals surface area contributed by atoms with Crippen LogP contribution in [0.2, 0.25) is 0 Å². The Balaban J connectivity index is 2.22. The zero-order chi connectivity index (χ0) is 12.3. The Morgan fingerprint density at radius 2 is 1.88 bits per heavy atom. The molecule has 90 valence electrons. The van der Waals surface area contributed by atoms with E-state index < -0.39 is 0 Å². The summed E-state index contributed by atoms with van der Waals surface area (Å²) in [5.41, 5.74) is 0.979. The molecule has 2 unspecified atom stereocenters. The van der Waals surface area contributed by atoms with Crippen molar-refractivity contribution in [1.82, 2.24) is 15.5 Å². The minimum atomic E-state index is 0.199. The maximum absolute atomic E-state index is 5.30. The molecule has 0 fully saturated rings. The minimum Gasteiger partial charge on any atom is -0.339 e. The van der Waals surface area contributed by atoms with Gasteiger partial charge in [0.25, 0.3) is 0 Å². The summed E-state index contributed by atoms with van der Waals surface area (Å²) in [5.74, 6) is 1.52. The topological polar surface area (TPSA) is 51.0 Å². The van der Waals surface area contributed by atoms with Gasteiger partial charge in [-0.3, -0.25) is 0 Å². The molecule has 2 rings (SSSR count). The zero-order valence-corrected chi connectivity index (χ0v) is 10.3. The van der Waals surface area contributed by atoms with Crippen LogP contribution in [0.3, 0.4) is 0 Å². The van der Waals surface area contributed by atoms with Crippen molar-refractivity contribution >= 4 is 0 Å². The van der Waals surface area contributed by atoms with E-state index in [0.29, 0.717) is 17.8 Å². The molecule has 4 nitrogen and oxygen atoms in total. The van der Waals surface area contributed by atoms with Crippen molar-refractivity contribution in [1.29, 1.82) is 0 Å². The molecular weight excluding hydrogens is 214 g/mol. The van der Waals surface area contributed by atoms with E-state index in [0.717, 1.165) is 5.56 Å². The van der Waals surface area contributed by atoms with Gasteiger partial charge in [-0.05, 0) is 14.0 Å². The number of likely N-dealkylation sites (N-methyl/N-ethyl adjacent to an activating group) is 1. The molecule has 1 heterocycles. The molecule has 2 atom stereocenters. The number of hydrogen-bond donors (Lipinski definition) is 1. The van der Waals surface area contributed by atoms with Crippen molar-refractivity contribution in [3.8, 4) is 11.4 Å². The number of aromatic nitrogens is 2. The smallest absolute Gasteiger partial charge is 0.231 e. The summed E-state index contributed by atoms with van der Waals surface area (Å²) in [4.78, 5) is 4.43. The van der Waals surface area contributed by atoms with Gasteiger partial charge in [-0.1, -0.05) is 42.4 Å². The third-order valence-electron chi connectivity index (χ3n) is 3.07. The highest BCUT2D eigenvalue weighted by Crippen LogP contribution is 2.21. The predicted octanol–water partition coefficient (Wildman–Crippen LogP) is 2.45. The highest BCUT2D eigenvalue weighted by Gasteiger charge is 2.19. The van der Waals surface area contributed by atoms with Gasteiger partial charge in [0.1, 0.15) is 0 Å². The summed E-state index contributed by atoms with van der Waals surface area (Å²) in [6, 6.07) is 10.1. The monoisotopic (exact) mass is 231 g/mol. The van der Waals surface area contributed by atoms with Crippen molar-refractivity contribution < 1.29 is 4.52 Å².